The Bertz CT molecular complexity index is 3840. The second kappa shape index (κ2) is 16.4. The third-order valence-electron chi connectivity index (χ3n) is 12.4. The van der Waals surface area contributed by atoms with Gasteiger partial charge in [0.25, 0.3) is 0 Å². The molecule has 0 aliphatic heterocycles. The minimum absolute atomic E-state index is 0.418. The first-order valence-electron chi connectivity index (χ1n) is 22.2. The maximum atomic E-state index is 6.58. The van der Waals surface area contributed by atoms with Gasteiger partial charge in [-0.2, -0.15) is 0 Å². The van der Waals surface area contributed by atoms with Gasteiger partial charge < -0.3 is 4.42 Å². The van der Waals surface area contributed by atoms with Gasteiger partial charge in [-0.15, -0.1) is 10.2 Å². The van der Waals surface area contributed by atoms with Crippen molar-refractivity contribution in [3.8, 4) is 68.2 Å². The molecule has 0 atom stereocenters. The summed E-state index contributed by atoms with van der Waals surface area (Å²) in [5.74, 6) is 2.45. The number of allylic oxidation sites excluding steroid dienone is 4. The molecule has 0 fully saturated rings. The molecule has 0 aliphatic rings. The van der Waals surface area contributed by atoms with E-state index in [0.717, 1.165) is 111 Å². The Kier molecular flexibility index (Phi) is 9.65. The van der Waals surface area contributed by atoms with Gasteiger partial charge in [-0.25, -0.2) is 9.97 Å². The molecule has 0 saturated carbocycles. The van der Waals surface area contributed by atoms with Crippen LogP contribution in [-0.2, 0) is 0 Å². The molecule has 0 radical (unpaired) electrons. The number of nitrogens with zero attached hydrogens (tertiary/aromatic N) is 6. The molecule has 5 aromatic heterocycles. The molecule has 0 spiro atoms. The van der Waals surface area contributed by atoms with E-state index in [1.54, 1.807) is 6.08 Å². The van der Waals surface area contributed by atoms with Crippen molar-refractivity contribution in [2.24, 2.45) is 0 Å². The summed E-state index contributed by atoms with van der Waals surface area (Å²) >= 11 is 0. The molecule has 7 heteroatoms. The minimum Gasteiger partial charge on any atom is -0.416 e. The molecule has 0 bridgehead atoms. The van der Waals surface area contributed by atoms with Gasteiger partial charge in [0.15, 0.2) is 0 Å². The zero-order valence-electron chi connectivity index (χ0n) is 36.3. The van der Waals surface area contributed by atoms with Crippen molar-refractivity contribution in [1.29, 1.82) is 0 Å². The summed E-state index contributed by atoms with van der Waals surface area (Å²) in [4.78, 5) is 10.6. The number of hydrogen-bond acceptors (Lipinski definition) is 5. The first kappa shape index (κ1) is 39.4. The maximum absolute atomic E-state index is 6.58. The topological polar surface area (TPSA) is 74.6 Å². The lowest BCUT2D eigenvalue weighted by Gasteiger charge is -2.13. The summed E-state index contributed by atoms with van der Waals surface area (Å²) in [6, 6.07) is 69.1. The summed E-state index contributed by atoms with van der Waals surface area (Å²) in [7, 11) is 0. The fourth-order valence-electron chi connectivity index (χ4n) is 9.31. The molecule has 12 aromatic rings. The fraction of sp³-hybridized carbons (Fsp3) is 0. The molecule has 0 unspecified atom stereocenters. The monoisotopic (exact) mass is 860 g/mol. The Labute approximate surface area is 386 Å². The average Bonchev–Trinajstić information content (AvgIpc) is 4.11. The number of rotatable bonds is 10. The molecule has 0 N–H and O–H groups in total. The molecule has 12 rings (SSSR count). The van der Waals surface area contributed by atoms with E-state index in [-0.39, 0.29) is 0 Å². The Morgan fingerprint density at radius 2 is 0.910 bits per heavy atom. The summed E-state index contributed by atoms with van der Waals surface area (Å²) in [5.41, 5.74) is 13.7. The molecule has 0 saturated heterocycles. The van der Waals surface area contributed by atoms with Crippen LogP contribution in [0.15, 0.2) is 236 Å². The predicted octanol–water partition coefficient (Wildman–Crippen LogP) is 15.1. The number of pyridine rings is 2. The first-order chi connectivity index (χ1) is 33.1. The minimum atomic E-state index is 0.418. The highest BCUT2D eigenvalue weighted by molar-refractivity contribution is 6.11. The van der Waals surface area contributed by atoms with Crippen LogP contribution in [0.4, 0.5) is 0 Å². The van der Waals surface area contributed by atoms with E-state index in [9.17, 15) is 0 Å². The van der Waals surface area contributed by atoms with Crippen LogP contribution >= 0.6 is 0 Å². The van der Waals surface area contributed by atoms with Crippen LogP contribution in [0.3, 0.4) is 0 Å². The third-order valence-corrected chi connectivity index (χ3v) is 12.4. The average molecular weight is 861 g/mol. The highest BCUT2D eigenvalue weighted by Gasteiger charge is 2.21. The lowest BCUT2D eigenvalue weighted by atomic mass is 10.0. The summed E-state index contributed by atoms with van der Waals surface area (Å²) in [6.45, 7) is 8.08. The summed E-state index contributed by atoms with van der Waals surface area (Å²) in [6.07, 6.45) is 5.61. The molecule has 7 aromatic carbocycles. The second-order valence-corrected chi connectivity index (χ2v) is 16.4. The second-order valence-electron chi connectivity index (χ2n) is 16.4. The normalized spacial score (nSPS) is 11.8. The van der Waals surface area contributed by atoms with Gasteiger partial charge in [0, 0.05) is 43.8 Å². The molecule has 0 amide bonds. The lowest BCUT2D eigenvalue weighted by Crippen LogP contribution is -2.01. The quantitative estimate of drug-likeness (QED) is 0.128. The number of fused-ring (bicyclic) bond motifs is 6. The van der Waals surface area contributed by atoms with E-state index in [1.807, 2.05) is 42.5 Å². The first-order valence-corrected chi connectivity index (χ1v) is 22.2. The van der Waals surface area contributed by atoms with Gasteiger partial charge in [-0.1, -0.05) is 165 Å². The van der Waals surface area contributed by atoms with Crippen molar-refractivity contribution in [3.63, 3.8) is 0 Å². The van der Waals surface area contributed by atoms with Crippen LogP contribution in [0.1, 0.15) is 5.56 Å². The van der Waals surface area contributed by atoms with Gasteiger partial charge in [-0.05, 0) is 89.0 Å². The number of hydrogen-bond donors (Lipinski definition) is 0. The Morgan fingerprint density at radius 3 is 1.55 bits per heavy atom. The Hall–Kier alpha value is -9.20. The number of benzene rings is 7. The van der Waals surface area contributed by atoms with Gasteiger partial charge in [0.1, 0.15) is 11.6 Å². The molecule has 0 aliphatic carbocycles. The van der Waals surface area contributed by atoms with E-state index >= 15 is 0 Å². The molecular formula is C60H40N6O. The number of para-hydroxylation sites is 2. The van der Waals surface area contributed by atoms with Gasteiger partial charge in [0.05, 0.1) is 33.5 Å². The molecule has 316 valence electrons. The van der Waals surface area contributed by atoms with E-state index in [4.69, 9.17) is 14.4 Å². The fourth-order valence-corrected chi connectivity index (χ4v) is 9.31. The molecule has 5 heterocycles. The molecular weight excluding hydrogens is 821 g/mol. The largest absolute Gasteiger partial charge is 0.416 e. The van der Waals surface area contributed by atoms with Crippen LogP contribution in [0.5, 0.6) is 0 Å². The van der Waals surface area contributed by atoms with Crippen LogP contribution in [0.2, 0.25) is 0 Å². The number of aromatic nitrogens is 6. The van der Waals surface area contributed by atoms with Gasteiger partial charge in [0.2, 0.25) is 11.8 Å². The van der Waals surface area contributed by atoms with Crippen molar-refractivity contribution in [1.82, 2.24) is 29.3 Å². The zero-order valence-corrected chi connectivity index (χ0v) is 36.3. The van der Waals surface area contributed by atoms with Crippen LogP contribution in [0.25, 0.3) is 117 Å². The van der Waals surface area contributed by atoms with E-state index in [0.29, 0.717) is 11.8 Å². The SMILES string of the molecule is C=C/C=C(\C=C)c1cc(-c2ccccc2)nc(-n2c3ccccc3c3ccc(-c4nnc(-c5ccc6c(c5)c5ccccc5n6-c5cc(-c6ccccc6)cc(-c6ccccc6)n5)o4)cc32)c1. The van der Waals surface area contributed by atoms with Crippen LogP contribution in [0, 0.1) is 0 Å². The Balaban J connectivity index is 0.973. The van der Waals surface area contributed by atoms with Crippen molar-refractivity contribution in [3.05, 3.63) is 237 Å². The predicted molar refractivity (Wildman–Crippen MR) is 274 cm³/mol. The van der Waals surface area contributed by atoms with Crippen molar-refractivity contribution >= 4 is 49.2 Å². The van der Waals surface area contributed by atoms with E-state index < -0.39 is 0 Å². The molecule has 7 nitrogen and oxygen atoms in total. The standard InChI is InChI=1S/C60H40N6O/c1-3-18-39(4-2)45-34-51(41-21-10-6-11-22-41)62-58(37-45)66-53-27-16-14-25-47(53)49-31-29-44(36-56(49)66)60-64-63-59(67-60)43-30-32-55-50(33-43)48-26-15-17-28-54(48)65(55)57-38-46(40-19-8-5-9-20-40)35-52(61-57)42-23-12-7-13-24-42/h3-38H,1-2H2/b39-18+. The van der Waals surface area contributed by atoms with Crippen LogP contribution < -0.4 is 0 Å². The van der Waals surface area contributed by atoms with Crippen LogP contribution in [-0.4, -0.2) is 29.3 Å². The highest BCUT2D eigenvalue weighted by Crippen LogP contribution is 2.39. The summed E-state index contributed by atoms with van der Waals surface area (Å²) < 4.78 is 11.0. The van der Waals surface area contributed by atoms with E-state index in [1.165, 1.54) is 0 Å². The lowest BCUT2D eigenvalue weighted by molar-refractivity contribution is 0.585. The Morgan fingerprint density at radius 1 is 0.403 bits per heavy atom. The van der Waals surface area contributed by atoms with Crippen molar-refractivity contribution < 1.29 is 4.42 Å². The van der Waals surface area contributed by atoms with E-state index in [2.05, 4.69) is 202 Å². The maximum Gasteiger partial charge on any atom is 0.248 e. The van der Waals surface area contributed by atoms with Crippen molar-refractivity contribution in [2.45, 2.75) is 0 Å². The third kappa shape index (κ3) is 6.94. The highest BCUT2D eigenvalue weighted by atomic mass is 16.4. The smallest absolute Gasteiger partial charge is 0.248 e. The van der Waals surface area contributed by atoms with Gasteiger partial charge >= 0.3 is 0 Å². The zero-order chi connectivity index (χ0) is 44.8. The van der Waals surface area contributed by atoms with Crippen molar-refractivity contribution in [2.75, 3.05) is 0 Å². The summed E-state index contributed by atoms with van der Waals surface area (Å²) in [5, 5.41) is 13.6. The van der Waals surface area contributed by atoms with Gasteiger partial charge in [-0.3, -0.25) is 9.13 Å². The molecule has 67 heavy (non-hydrogen) atoms.